The average molecular weight is 267 g/mol. The maximum atomic E-state index is 5.45. The van der Waals surface area contributed by atoms with Crippen LogP contribution in [-0.4, -0.2) is 46.0 Å². The van der Waals surface area contributed by atoms with E-state index in [4.69, 9.17) is 18.0 Å². The largest absolute Gasteiger partial charge is 0.388 e. The Labute approximate surface area is 114 Å². The minimum absolute atomic E-state index is 0.274. The molecule has 0 saturated carbocycles. The fraction of sp³-hybridized carbons (Fsp3) is 0.583. The second kappa shape index (κ2) is 7.94. The summed E-state index contributed by atoms with van der Waals surface area (Å²) in [4.78, 5) is 11.0. The average Bonchev–Trinajstić information content (AvgIpc) is 2.39. The number of hydrogen-bond acceptors (Lipinski definition) is 5. The highest BCUT2D eigenvalue weighted by molar-refractivity contribution is 7.80. The van der Waals surface area contributed by atoms with Crippen LogP contribution in [0.5, 0.6) is 0 Å². The first kappa shape index (κ1) is 14.8. The van der Waals surface area contributed by atoms with Gasteiger partial charge in [-0.15, -0.1) is 0 Å². The lowest BCUT2D eigenvalue weighted by Crippen LogP contribution is -2.25. The third-order valence-electron chi connectivity index (χ3n) is 2.76. The summed E-state index contributed by atoms with van der Waals surface area (Å²) < 4.78 is 0. The number of rotatable bonds is 8. The van der Waals surface area contributed by atoms with E-state index in [1.165, 1.54) is 0 Å². The third kappa shape index (κ3) is 4.93. The molecule has 1 heterocycles. The molecule has 0 saturated heterocycles. The summed E-state index contributed by atoms with van der Waals surface area (Å²) >= 11 is 4.82. The van der Waals surface area contributed by atoms with Crippen LogP contribution < -0.4 is 11.1 Å². The molecule has 0 bridgehead atoms. The zero-order chi connectivity index (χ0) is 13.4. The Hall–Kier alpha value is -1.27. The van der Waals surface area contributed by atoms with Crippen LogP contribution in [0.4, 0.5) is 5.82 Å². The monoisotopic (exact) mass is 267 g/mol. The molecule has 100 valence electrons. The summed E-state index contributed by atoms with van der Waals surface area (Å²) in [7, 11) is 0. The number of anilines is 1. The van der Waals surface area contributed by atoms with Gasteiger partial charge >= 0.3 is 0 Å². The summed E-state index contributed by atoms with van der Waals surface area (Å²) in [6.45, 7) is 8.53. The maximum Gasteiger partial charge on any atom is 0.144 e. The molecule has 0 unspecified atom stereocenters. The third-order valence-corrected chi connectivity index (χ3v) is 2.97. The van der Waals surface area contributed by atoms with Crippen LogP contribution in [0.15, 0.2) is 12.4 Å². The van der Waals surface area contributed by atoms with Crippen molar-refractivity contribution in [1.82, 2.24) is 14.9 Å². The van der Waals surface area contributed by atoms with E-state index in [0.717, 1.165) is 38.4 Å². The first-order valence-electron chi connectivity index (χ1n) is 6.25. The molecule has 0 amide bonds. The Balaban J connectivity index is 2.29. The van der Waals surface area contributed by atoms with Crippen LogP contribution >= 0.6 is 12.2 Å². The molecular weight excluding hydrogens is 246 g/mol. The van der Waals surface area contributed by atoms with Crippen molar-refractivity contribution in [3.63, 3.8) is 0 Å². The van der Waals surface area contributed by atoms with Gasteiger partial charge in [0.25, 0.3) is 0 Å². The van der Waals surface area contributed by atoms with Crippen LogP contribution in [0.1, 0.15) is 26.0 Å². The Morgan fingerprint density at radius 1 is 1.33 bits per heavy atom. The molecule has 0 aliphatic heterocycles. The molecule has 0 aromatic carbocycles. The van der Waals surface area contributed by atoms with Crippen molar-refractivity contribution in [3.8, 4) is 0 Å². The van der Waals surface area contributed by atoms with Crippen LogP contribution in [0.3, 0.4) is 0 Å². The van der Waals surface area contributed by atoms with Gasteiger partial charge in [0, 0.05) is 6.54 Å². The fourth-order valence-electron chi connectivity index (χ4n) is 1.61. The number of aromatic nitrogens is 2. The quantitative estimate of drug-likeness (QED) is 0.546. The number of nitrogens with zero attached hydrogens (tertiary/aromatic N) is 3. The van der Waals surface area contributed by atoms with Crippen LogP contribution in [-0.2, 0) is 0 Å². The normalized spacial score (nSPS) is 10.6. The van der Waals surface area contributed by atoms with E-state index >= 15 is 0 Å². The second-order valence-corrected chi connectivity index (χ2v) is 4.40. The van der Waals surface area contributed by atoms with E-state index in [2.05, 4.69) is 34.0 Å². The zero-order valence-corrected chi connectivity index (χ0v) is 11.8. The molecule has 3 N–H and O–H groups in total. The van der Waals surface area contributed by atoms with Gasteiger partial charge in [0.1, 0.15) is 16.5 Å². The van der Waals surface area contributed by atoms with Crippen molar-refractivity contribution >= 4 is 23.0 Å². The van der Waals surface area contributed by atoms with Gasteiger partial charge in [0.2, 0.25) is 0 Å². The van der Waals surface area contributed by atoms with Gasteiger partial charge in [-0.1, -0.05) is 26.1 Å². The molecule has 0 atom stereocenters. The summed E-state index contributed by atoms with van der Waals surface area (Å²) in [6, 6.07) is 0. The molecule has 5 nitrogen and oxygen atoms in total. The van der Waals surface area contributed by atoms with Gasteiger partial charge in [-0.2, -0.15) is 0 Å². The fourth-order valence-corrected chi connectivity index (χ4v) is 1.71. The summed E-state index contributed by atoms with van der Waals surface area (Å²) in [6.07, 6.45) is 4.33. The number of thiocarbonyl (C=S) groups is 1. The molecule has 0 spiro atoms. The number of hydrogen-bond donors (Lipinski definition) is 2. The molecular formula is C12H21N5S. The molecule has 1 aromatic heterocycles. The Morgan fingerprint density at radius 2 is 2.06 bits per heavy atom. The summed E-state index contributed by atoms with van der Waals surface area (Å²) in [5, 5.41) is 3.23. The Bertz CT molecular complexity index is 361. The zero-order valence-electron chi connectivity index (χ0n) is 11.0. The topological polar surface area (TPSA) is 67.1 Å². The van der Waals surface area contributed by atoms with Gasteiger partial charge in [-0.3, -0.25) is 0 Å². The number of nitrogens with one attached hydrogen (secondary N) is 1. The van der Waals surface area contributed by atoms with Gasteiger partial charge < -0.3 is 16.0 Å². The van der Waals surface area contributed by atoms with Crippen molar-refractivity contribution in [2.24, 2.45) is 5.73 Å². The molecule has 0 aliphatic carbocycles. The predicted molar refractivity (Wildman–Crippen MR) is 78.8 cm³/mol. The predicted octanol–water partition coefficient (Wildman–Crippen LogP) is 1.25. The van der Waals surface area contributed by atoms with E-state index in [0.29, 0.717) is 5.69 Å². The molecule has 18 heavy (non-hydrogen) atoms. The Morgan fingerprint density at radius 3 is 2.56 bits per heavy atom. The van der Waals surface area contributed by atoms with Crippen LogP contribution in [0, 0.1) is 0 Å². The van der Waals surface area contributed by atoms with E-state index in [1.807, 2.05) is 0 Å². The SMILES string of the molecule is CCN(CC)CCCNc1cnc(C(N)=S)cn1. The van der Waals surface area contributed by atoms with Gasteiger partial charge in [0.15, 0.2) is 0 Å². The summed E-state index contributed by atoms with van der Waals surface area (Å²) in [5.41, 5.74) is 6.01. The molecule has 1 aromatic rings. The standard InChI is InChI=1S/C12H21N5S/c1-3-17(4-2)7-5-6-14-11-9-15-10(8-16-11)12(13)18/h8-9H,3-7H2,1-2H3,(H2,13,18)(H,14,16). The van der Waals surface area contributed by atoms with Crippen molar-refractivity contribution in [1.29, 1.82) is 0 Å². The number of nitrogens with two attached hydrogens (primary N) is 1. The molecule has 0 radical (unpaired) electrons. The molecule has 1 rings (SSSR count). The highest BCUT2D eigenvalue weighted by Crippen LogP contribution is 2.01. The first-order chi connectivity index (χ1) is 8.67. The van der Waals surface area contributed by atoms with Crippen molar-refractivity contribution in [2.75, 3.05) is 31.5 Å². The van der Waals surface area contributed by atoms with Crippen molar-refractivity contribution < 1.29 is 0 Å². The molecule has 0 aliphatic rings. The maximum absolute atomic E-state index is 5.45. The van der Waals surface area contributed by atoms with Crippen molar-refractivity contribution in [2.45, 2.75) is 20.3 Å². The lowest BCUT2D eigenvalue weighted by Gasteiger charge is -2.17. The molecule has 0 fully saturated rings. The smallest absolute Gasteiger partial charge is 0.144 e. The van der Waals surface area contributed by atoms with Crippen molar-refractivity contribution in [3.05, 3.63) is 18.1 Å². The lowest BCUT2D eigenvalue weighted by molar-refractivity contribution is 0.303. The van der Waals surface area contributed by atoms with Crippen LogP contribution in [0.25, 0.3) is 0 Å². The Kier molecular flexibility index (Phi) is 6.53. The highest BCUT2D eigenvalue weighted by Gasteiger charge is 2.00. The summed E-state index contributed by atoms with van der Waals surface area (Å²) in [5.74, 6) is 0.759. The van der Waals surface area contributed by atoms with E-state index < -0.39 is 0 Å². The first-order valence-corrected chi connectivity index (χ1v) is 6.66. The van der Waals surface area contributed by atoms with Crippen LogP contribution in [0.2, 0.25) is 0 Å². The molecule has 6 heteroatoms. The van der Waals surface area contributed by atoms with Gasteiger partial charge in [0.05, 0.1) is 12.4 Å². The highest BCUT2D eigenvalue weighted by atomic mass is 32.1. The van der Waals surface area contributed by atoms with E-state index in [1.54, 1.807) is 12.4 Å². The lowest BCUT2D eigenvalue weighted by atomic mass is 10.3. The van der Waals surface area contributed by atoms with Gasteiger partial charge in [-0.05, 0) is 26.1 Å². The van der Waals surface area contributed by atoms with E-state index in [-0.39, 0.29) is 4.99 Å². The second-order valence-electron chi connectivity index (χ2n) is 3.96. The van der Waals surface area contributed by atoms with Gasteiger partial charge in [-0.25, -0.2) is 9.97 Å². The minimum Gasteiger partial charge on any atom is -0.388 e. The minimum atomic E-state index is 0.274. The van der Waals surface area contributed by atoms with E-state index in [9.17, 15) is 0 Å².